The molecule has 0 spiro atoms. The van der Waals surface area contributed by atoms with Crippen LogP contribution in [-0.4, -0.2) is 52.3 Å². The number of rotatable bonds is 5. The first kappa shape index (κ1) is 19.6. The van der Waals surface area contributed by atoms with Gasteiger partial charge in [0.2, 0.25) is 17.6 Å². The number of halogens is 2. The van der Waals surface area contributed by atoms with Gasteiger partial charge in [0, 0.05) is 48.2 Å². The van der Waals surface area contributed by atoms with Gasteiger partial charge in [-0.1, -0.05) is 0 Å². The number of ether oxygens (including phenoxy) is 1. The van der Waals surface area contributed by atoms with Crippen LogP contribution >= 0.6 is 0 Å². The van der Waals surface area contributed by atoms with Crippen molar-refractivity contribution in [2.45, 2.75) is 50.9 Å². The highest BCUT2D eigenvalue weighted by Crippen LogP contribution is 2.33. The smallest absolute Gasteiger partial charge is 0.388 e. The molecule has 0 bridgehead atoms. The molecule has 0 unspecified atom stereocenters. The first-order chi connectivity index (χ1) is 14.9. The van der Waals surface area contributed by atoms with Crippen LogP contribution in [-0.2, 0) is 0 Å². The molecule has 1 aliphatic rings. The minimum Gasteiger partial charge on any atom is -0.414 e. The lowest BCUT2D eigenvalue weighted by Gasteiger charge is -2.33. The molecule has 1 saturated carbocycles. The van der Waals surface area contributed by atoms with Crippen molar-refractivity contribution >= 4 is 17.2 Å². The van der Waals surface area contributed by atoms with Gasteiger partial charge in [0.15, 0.2) is 0 Å². The summed E-state index contributed by atoms with van der Waals surface area (Å²) in [5.74, 6) is 0.506. The zero-order chi connectivity index (χ0) is 21.6. The number of anilines is 1. The molecule has 1 aliphatic carbocycles. The van der Waals surface area contributed by atoms with Gasteiger partial charge < -0.3 is 15.2 Å². The van der Waals surface area contributed by atoms with Gasteiger partial charge in [-0.15, -0.1) is 5.10 Å². The van der Waals surface area contributed by atoms with Crippen molar-refractivity contribution in [3.05, 3.63) is 37.1 Å². The van der Waals surface area contributed by atoms with Crippen molar-refractivity contribution in [2.75, 3.05) is 5.32 Å². The Morgan fingerprint density at radius 1 is 1.26 bits per heavy atom. The number of aliphatic hydroxyl groups is 1. The molecule has 4 aromatic rings. The average molecular weight is 429 g/mol. The average Bonchev–Trinajstić information content (AvgIpc) is 3.35. The molecule has 0 aromatic carbocycles. The van der Waals surface area contributed by atoms with E-state index in [9.17, 15) is 13.9 Å². The molecular formula is C20H21F2N7O2. The lowest BCUT2D eigenvalue weighted by molar-refractivity contribution is -0.0519. The van der Waals surface area contributed by atoms with E-state index in [1.807, 2.05) is 6.92 Å². The van der Waals surface area contributed by atoms with E-state index in [2.05, 4.69) is 25.4 Å². The fourth-order valence-electron chi connectivity index (χ4n) is 3.97. The van der Waals surface area contributed by atoms with Crippen LogP contribution < -0.4 is 10.1 Å². The molecule has 0 atom stereocenters. The maximum atomic E-state index is 13.2. The molecule has 0 amide bonds. The van der Waals surface area contributed by atoms with Crippen LogP contribution in [0.2, 0.25) is 0 Å². The standard InChI is InChI=1S/C20H21F2N7O2/c1-20(30)5-2-13(3-6-20)25-18-26-16(31-17(21)22)15-14(4-8-29(15)27-18)12-10-24-19-23-7-9-28(19)11-12/h4,7-11,13,17,30H,2-3,5-6H2,1H3,(H,25,27)/t13-,20+. The van der Waals surface area contributed by atoms with Gasteiger partial charge in [0.1, 0.15) is 5.52 Å². The number of alkyl halides is 2. The Bertz CT molecular complexity index is 1230. The minimum atomic E-state index is -3.03. The van der Waals surface area contributed by atoms with E-state index < -0.39 is 12.2 Å². The predicted molar refractivity (Wildman–Crippen MR) is 108 cm³/mol. The monoisotopic (exact) mass is 429 g/mol. The number of nitrogens with one attached hydrogen (secondary N) is 1. The third kappa shape index (κ3) is 3.88. The summed E-state index contributed by atoms with van der Waals surface area (Å²) in [5, 5.41) is 17.8. The Hall–Kier alpha value is -3.34. The normalized spacial score (nSPS) is 21.8. The van der Waals surface area contributed by atoms with Crippen LogP contribution in [0.25, 0.3) is 22.4 Å². The lowest BCUT2D eigenvalue weighted by Crippen LogP contribution is -2.36. The Balaban J connectivity index is 1.52. The fourth-order valence-corrected chi connectivity index (χ4v) is 3.97. The number of imidazole rings is 1. The molecule has 1 fully saturated rings. The molecule has 4 heterocycles. The number of fused-ring (bicyclic) bond motifs is 2. The van der Waals surface area contributed by atoms with E-state index in [-0.39, 0.29) is 17.9 Å². The summed E-state index contributed by atoms with van der Waals surface area (Å²) in [5.41, 5.74) is 0.941. The summed E-state index contributed by atoms with van der Waals surface area (Å²) in [7, 11) is 0. The van der Waals surface area contributed by atoms with E-state index in [4.69, 9.17) is 4.74 Å². The molecule has 9 nitrogen and oxygen atoms in total. The van der Waals surface area contributed by atoms with E-state index in [1.165, 1.54) is 4.52 Å². The highest BCUT2D eigenvalue weighted by atomic mass is 19.3. The van der Waals surface area contributed by atoms with Gasteiger partial charge in [-0.25, -0.2) is 14.5 Å². The third-order valence-electron chi connectivity index (χ3n) is 5.63. The molecular weight excluding hydrogens is 408 g/mol. The number of nitrogens with zero attached hydrogens (tertiary/aromatic N) is 6. The number of hydrogen-bond donors (Lipinski definition) is 2. The topological polar surface area (TPSA) is 102 Å². The second-order valence-electron chi connectivity index (χ2n) is 8.03. The fraction of sp³-hybridized carbons (Fsp3) is 0.400. The van der Waals surface area contributed by atoms with Crippen LogP contribution in [0.5, 0.6) is 5.88 Å². The second-order valence-corrected chi connectivity index (χ2v) is 8.03. The van der Waals surface area contributed by atoms with Crippen LogP contribution in [0.4, 0.5) is 14.7 Å². The zero-order valence-corrected chi connectivity index (χ0v) is 16.7. The van der Waals surface area contributed by atoms with Crippen LogP contribution in [0.1, 0.15) is 32.6 Å². The molecule has 0 radical (unpaired) electrons. The van der Waals surface area contributed by atoms with Crippen LogP contribution in [0.15, 0.2) is 37.1 Å². The van der Waals surface area contributed by atoms with E-state index in [0.29, 0.717) is 35.3 Å². The molecule has 162 valence electrons. The highest BCUT2D eigenvalue weighted by Gasteiger charge is 2.29. The summed E-state index contributed by atoms with van der Waals surface area (Å²) in [6, 6.07) is 1.80. The summed E-state index contributed by atoms with van der Waals surface area (Å²) < 4.78 is 34.3. The molecule has 31 heavy (non-hydrogen) atoms. The zero-order valence-electron chi connectivity index (χ0n) is 16.7. The Morgan fingerprint density at radius 2 is 2.06 bits per heavy atom. The molecule has 0 aliphatic heterocycles. The van der Waals surface area contributed by atoms with Gasteiger partial charge in [-0.2, -0.15) is 13.8 Å². The summed E-state index contributed by atoms with van der Waals surface area (Å²) in [4.78, 5) is 12.6. The quantitative estimate of drug-likeness (QED) is 0.502. The SMILES string of the molecule is C[C@]1(O)CC[C@@H](Nc2nc(OC(F)F)c3c(-c4cnc5nccn5c4)ccn3n2)CC1. The van der Waals surface area contributed by atoms with Crippen LogP contribution in [0, 0.1) is 0 Å². The van der Waals surface area contributed by atoms with Crippen molar-refractivity contribution in [1.29, 1.82) is 0 Å². The van der Waals surface area contributed by atoms with Crippen molar-refractivity contribution in [2.24, 2.45) is 0 Å². The molecule has 2 N–H and O–H groups in total. The number of hydrogen-bond acceptors (Lipinski definition) is 7. The Labute approximate surface area is 175 Å². The molecule has 4 aromatic heterocycles. The van der Waals surface area contributed by atoms with Gasteiger partial charge >= 0.3 is 6.61 Å². The van der Waals surface area contributed by atoms with E-state index in [1.54, 1.807) is 41.5 Å². The first-order valence-corrected chi connectivity index (χ1v) is 10.0. The molecule has 0 saturated heterocycles. The van der Waals surface area contributed by atoms with Gasteiger partial charge in [-0.3, -0.25) is 4.40 Å². The van der Waals surface area contributed by atoms with E-state index in [0.717, 1.165) is 12.8 Å². The minimum absolute atomic E-state index is 0.0416. The van der Waals surface area contributed by atoms with Gasteiger partial charge in [-0.05, 0) is 38.7 Å². The first-order valence-electron chi connectivity index (χ1n) is 10.0. The summed E-state index contributed by atoms with van der Waals surface area (Å²) in [6.45, 7) is -1.22. The van der Waals surface area contributed by atoms with Gasteiger partial charge in [0.05, 0.1) is 5.60 Å². The highest BCUT2D eigenvalue weighted by molar-refractivity contribution is 5.84. The maximum absolute atomic E-state index is 13.2. The predicted octanol–water partition coefficient (Wildman–Crippen LogP) is 3.15. The maximum Gasteiger partial charge on any atom is 0.388 e. The van der Waals surface area contributed by atoms with Crippen molar-refractivity contribution in [1.82, 2.24) is 29.0 Å². The number of aromatic nitrogens is 6. The van der Waals surface area contributed by atoms with E-state index >= 15 is 0 Å². The second kappa shape index (κ2) is 7.41. The van der Waals surface area contributed by atoms with Gasteiger partial charge in [0.25, 0.3) is 0 Å². The Kier molecular flexibility index (Phi) is 4.69. The van der Waals surface area contributed by atoms with Crippen molar-refractivity contribution in [3.8, 4) is 17.0 Å². The van der Waals surface area contributed by atoms with Crippen molar-refractivity contribution in [3.63, 3.8) is 0 Å². The van der Waals surface area contributed by atoms with Crippen molar-refractivity contribution < 1.29 is 18.6 Å². The molecule has 11 heteroatoms. The van der Waals surface area contributed by atoms with Crippen LogP contribution in [0.3, 0.4) is 0 Å². The lowest BCUT2D eigenvalue weighted by atomic mass is 9.84. The molecule has 5 rings (SSSR count). The summed E-state index contributed by atoms with van der Waals surface area (Å²) in [6.07, 6.45) is 11.2. The third-order valence-corrected chi connectivity index (χ3v) is 5.63. The Morgan fingerprint density at radius 3 is 2.84 bits per heavy atom. The largest absolute Gasteiger partial charge is 0.414 e. The summed E-state index contributed by atoms with van der Waals surface area (Å²) >= 11 is 0.